The summed E-state index contributed by atoms with van der Waals surface area (Å²) in [6, 6.07) is 0.599. The summed E-state index contributed by atoms with van der Waals surface area (Å²) in [5.41, 5.74) is 8.14. The number of nitrogens with two attached hydrogens (primary N) is 1. The number of anilines is 2. The molecule has 1 amide bonds. The van der Waals surface area contributed by atoms with Crippen LogP contribution in [0.25, 0.3) is 0 Å². The molecule has 1 aromatic heterocycles. The maximum atomic E-state index is 12.1. The normalized spacial score (nSPS) is 18.4. The number of hydrogen-bond donors (Lipinski definition) is 3. The van der Waals surface area contributed by atoms with E-state index in [0.717, 1.165) is 11.4 Å². The summed E-state index contributed by atoms with van der Waals surface area (Å²) in [7, 11) is 0. The lowest BCUT2D eigenvalue weighted by Gasteiger charge is -2.05. The maximum Gasteiger partial charge on any atom is 0.263 e. The molecule has 0 spiro atoms. The predicted molar refractivity (Wildman–Crippen MR) is 80.0 cm³/mol. The van der Waals surface area contributed by atoms with Crippen LogP contribution < -0.4 is 16.4 Å². The molecule has 4 nitrogen and oxygen atoms in total. The highest BCUT2D eigenvalue weighted by Crippen LogP contribution is 2.51. The lowest BCUT2D eigenvalue weighted by Crippen LogP contribution is -2.23. The van der Waals surface area contributed by atoms with Gasteiger partial charge < -0.3 is 16.4 Å². The summed E-state index contributed by atoms with van der Waals surface area (Å²) in [6.45, 7) is 2.76. The van der Waals surface area contributed by atoms with Crippen LogP contribution >= 0.6 is 11.3 Å². The Morgan fingerprint density at radius 3 is 2.68 bits per heavy atom. The first-order valence-corrected chi connectivity index (χ1v) is 7.99. The first-order chi connectivity index (χ1) is 9.20. The van der Waals surface area contributed by atoms with Crippen molar-refractivity contribution >= 4 is 27.9 Å². The van der Waals surface area contributed by atoms with Gasteiger partial charge in [0.15, 0.2) is 0 Å². The van der Waals surface area contributed by atoms with Crippen LogP contribution in [0.5, 0.6) is 0 Å². The summed E-state index contributed by atoms with van der Waals surface area (Å²) in [5.74, 6) is 0.556. The number of rotatable bonds is 6. The van der Waals surface area contributed by atoms with E-state index < -0.39 is 0 Å². The second-order valence-corrected chi connectivity index (χ2v) is 6.56. The van der Waals surface area contributed by atoms with Crippen LogP contribution in [-0.4, -0.2) is 18.5 Å². The van der Waals surface area contributed by atoms with Crippen molar-refractivity contribution in [3.05, 3.63) is 10.4 Å². The third-order valence-electron chi connectivity index (χ3n) is 3.62. The minimum atomic E-state index is -0.0184. The lowest BCUT2D eigenvalue weighted by atomic mass is 10.1. The van der Waals surface area contributed by atoms with Gasteiger partial charge in [0.05, 0.1) is 10.7 Å². The number of carbonyl (C=O) groups is 1. The average Bonchev–Trinajstić information content (AvgIpc) is 3.28. The van der Waals surface area contributed by atoms with Crippen molar-refractivity contribution in [1.29, 1.82) is 0 Å². The molecule has 0 bridgehead atoms. The van der Waals surface area contributed by atoms with Crippen molar-refractivity contribution in [2.24, 2.45) is 0 Å². The van der Waals surface area contributed by atoms with E-state index in [9.17, 15) is 4.79 Å². The van der Waals surface area contributed by atoms with Gasteiger partial charge in [0, 0.05) is 18.2 Å². The largest absolute Gasteiger partial charge is 0.397 e. The van der Waals surface area contributed by atoms with E-state index >= 15 is 0 Å². The minimum Gasteiger partial charge on any atom is -0.397 e. The van der Waals surface area contributed by atoms with E-state index in [0.29, 0.717) is 29.1 Å². The Morgan fingerprint density at radius 2 is 2.11 bits per heavy atom. The van der Waals surface area contributed by atoms with Crippen molar-refractivity contribution in [3.8, 4) is 0 Å². The zero-order chi connectivity index (χ0) is 13.4. The molecule has 2 saturated carbocycles. The average molecular weight is 279 g/mol. The molecular weight excluding hydrogens is 258 g/mol. The lowest BCUT2D eigenvalue weighted by molar-refractivity contribution is 0.0958. The summed E-state index contributed by atoms with van der Waals surface area (Å²) in [5, 5.41) is 7.60. The quantitative estimate of drug-likeness (QED) is 0.750. The highest BCUT2D eigenvalue weighted by molar-refractivity contribution is 7.18. The molecule has 2 fully saturated rings. The van der Waals surface area contributed by atoms with Crippen molar-refractivity contribution in [1.82, 2.24) is 5.32 Å². The molecule has 0 unspecified atom stereocenters. The number of nitrogen functional groups attached to an aromatic ring is 1. The Kier molecular flexibility index (Phi) is 3.39. The Balaban J connectivity index is 1.84. The van der Waals surface area contributed by atoms with E-state index in [4.69, 9.17) is 5.73 Å². The Morgan fingerprint density at radius 1 is 1.37 bits per heavy atom. The smallest absolute Gasteiger partial charge is 0.263 e. The van der Waals surface area contributed by atoms with Gasteiger partial charge in [-0.3, -0.25) is 4.79 Å². The second-order valence-electron chi connectivity index (χ2n) is 5.54. The van der Waals surface area contributed by atoms with Crippen LogP contribution in [0.2, 0.25) is 0 Å². The fraction of sp³-hybridized carbons (Fsp3) is 0.643. The zero-order valence-corrected chi connectivity index (χ0v) is 12.1. The minimum absolute atomic E-state index is 0.0184. The SMILES string of the molecule is CCCNC(=O)c1sc(NC2CC2)c(C2CC2)c1N. The van der Waals surface area contributed by atoms with Gasteiger partial charge in [-0.05, 0) is 38.0 Å². The number of thiophene rings is 1. The molecule has 4 N–H and O–H groups in total. The standard InChI is InChI=1S/C14H21N3OS/c1-2-7-16-13(18)12-11(15)10(8-3-4-8)14(19-12)17-9-5-6-9/h8-9,17H,2-7,15H2,1H3,(H,16,18). The fourth-order valence-corrected chi connectivity index (χ4v) is 3.44. The molecule has 0 radical (unpaired) electrons. The van der Waals surface area contributed by atoms with Gasteiger partial charge in [-0.2, -0.15) is 0 Å². The van der Waals surface area contributed by atoms with E-state index in [-0.39, 0.29) is 5.91 Å². The van der Waals surface area contributed by atoms with Crippen molar-refractivity contribution < 1.29 is 4.79 Å². The number of nitrogens with one attached hydrogen (secondary N) is 2. The number of amides is 1. The van der Waals surface area contributed by atoms with Gasteiger partial charge in [-0.15, -0.1) is 11.3 Å². The Bertz CT molecular complexity index is 489. The third-order valence-corrected chi connectivity index (χ3v) is 4.77. The van der Waals surface area contributed by atoms with Crippen LogP contribution in [-0.2, 0) is 0 Å². The fourth-order valence-electron chi connectivity index (χ4n) is 2.24. The van der Waals surface area contributed by atoms with Crippen molar-refractivity contribution in [3.63, 3.8) is 0 Å². The Hall–Kier alpha value is -1.23. The predicted octanol–water partition coefficient (Wildman–Crippen LogP) is 2.92. The van der Waals surface area contributed by atoms with Crippen LogP contribution in [0, 0.1) is 0 Å². The van der Waals surface area contributed by atoms with Crippen molar-refractivity contribution in [2.75, 3.05) is 17.6 Å². The molecule has 1 heterocycles. The summed E-state index contributed by atoms with van der Waals surface area (Å²) >= 11 is 1.53. The van der Waals surface area contributed by atoms with E-state index in [2.05, 4.69) is 10.6 Å². The third kappa shape index (κ3) is 2.71. The molecule has 19 heavy (non-hydrogen) atoms. The second kappa shape index (κ2) is 5.04. The molecule has 5 heteroatoms. The molecule has 0 saturated heterocycles. The van der Waals surface area contributed by atoms with Gasteiger partial charge in [0.1, 0.15) is 4.88 Å². The Labute approximate surface area is 117 Å². The zero-order valence-electron chi connectivity index (χ0n) is 11.3. The van der Waals surface area contributed by atoms with Gasteiger partial charge in [0.2, 0.25) is 0 Å². The van der Waals surface area contributed by atoms with Gasteiger partial charge >= 0.3 is 0 Å². The van der Waals surface area contributed by atoms with Crippen LogP contribution in [0.3, 0.4) is 0 Å². The summed E-state index contributed by atoms with van der Waals surface area (Å²) < 4.78 is 0. The maximum absolute atomic E-state index is 12.1. The van der Waals surface area contributed by atoms with E-state index in [1.807, 2.05) is 6.92 Å². The monoisotopic (exact) mass is 279 g/mol. The number of hydrogen-bond acceptors (Lipinski definition) is 4. The first kappa shape index (κ1) is 12.8. The summed E-state index contributed by atoms with van der Waals surface area (Å²) in [4.78, 5) is 12.8. The highest BCUT2D eigenvalue weighted by Gasteiger charge is 2.34. The molecule has 1 aromatic rings. The molecular formula is C14H21N3OS. The van der Waals surface area contributed by atoms with Crippen molar-refractivity contribution in [2.45, 2.75) is 51.0 Å². The van der Waals surface area contributed by atoms with Crippen LogP contribution in [0.4, 0.5) is 10.7 Å². The molecule has 0 atom stereocenters. The van der Waals surface area contributed by atoms with Crippen LogP contribution in [0.1, 0.15) is 60.2 Å². The van der Waals surface area contributed by atoms with Gasteiger partial charge in [-0.25, -0.2) is 0 Å². The molecule has 0 aromatic carbocycles. The molecule has 2 aliphatic carbocycles. The molecule has 2 aliphatic rings. The highest BCUT2D eigenvalue weighted by atomic mass is 32.1. The van der Waals surface area contributed by atoms with Crippen LogP contribution in [0.15, 0.2) is 0 Å². The van der Waals surface area contributed by atoms with Gasteiger partial charge in [-0.1, -0.05) is 6.92 Å². The topological polar surface area (TPSA) is 67.2 Å². The van der Waals surface area contributed by atoms with Gasteiger partial charge in [0.25, 0.3) is 5.91 Å². The van der Waals surface area contributed by atoms with E-state index in [1.54, 1.807) is 0 Å². The molecule has 104 valence electrons. The number of carbonyl (C=O) groups excluding carboxylic acids is 1. The first-order valence-electron chi connectivity index (χ1n) is 7.17. The molecule has 3 rings (SSSR count). The summed E-state index contributed by atoms with van der Waals surface area (Å²) in [6.07, 6.45) is 5.82. The van der Waals surface area contributed by atoms with E-state index in [1.165, 1.54) is 42.6 Å². The molecule has 0 aliphatic heterocycles.